The molecular weight excluding hydrogens is 321 g/mol. The number of hydrogen-bond donors (Lipinski definition) is 1. The van der Waals surface area contributed by atoms with Crippen molar-refractivity contribution in [2.75, 3.05) is 5.32 Å². The van der Waals surface area contributed by atoms with Crippen LogP contribution in [0.3, 0.4) is 0 Å². The molecule has 106 valence electrons. The largest absolute Gasteiger partial charge is 0.489 e. The van der Waals surface area contributed by atoms with Crippen LogP contribution in [0, 0.1) is 0 Å². The summed E-state index contributed by atoms with van der Waals surface area (Å²) in [6.07, 6.45) is 1.46. The molecule has 2 rings (SSSR count). The van der Waals surface area contributed by atoms with Gasteiger partial charge >= 0.3 is 0 Å². The minimum Gasteiger partial charge on any atom is -0.489 e. The third-order valence-corrected chi connectivity index (χ3v) is 3.04. The Labute approximate surface area is 132 Å². The maximum Gasteiger partial charge on any atom is 0.224 e. The molecular formula is C13H12Cl3N3O. The average molecular weight is 333 g/mol. The lowest BCUT2D eigenvalue weighted by molar-refractivity contribution is 0.242. The first-order valence-corrected chi connectivity index (χ1v) is 7.00. The van der Waals surface area contributed by atoms with E-state index in [-0.39, 0.29) is 11.4 Å². The van der Waals surface area contributed by atoms with Gasteiger partial charge in [-0.15, -0.1) is 0 Å². The summed E-state index contributed by atoms with van der Waals surface area (Å²) in [6.45, 7) is 3.86. The van der Waals surface area contributed by atoms with Crippen molar-refractivity contribution in [1.82, 2.24) is 9.97 Å². The molecule has 0 saturated carbocycles. The van der Waals surface area contributed by atoms with Gasteiger partial charge in [-0.25, -0.2) is 4.98 Å². The molecule has 0 radical (unpaired) electrons. The van der Waals surface area contributed by atoms with Gasteiger partial charge in [0.05, 0.1) is 17.3 Å². The molecule has 1 N–H and O–H groups in total. The first-order valence-electron chi connectivity index (χ1n) is 5.87. The van der Waals surface area contributed by atoms with E-state index in [9.17, 15) is 0 Å². The number of hydrogen-bond acceptors (Lipinski definition) is 4. The Morgan fingerprint density at radius 2 is 1.90 bits per heavy atom. The molecule has 0 aliphatic carbocycles. The Bertz CT molecular complexity index is 620. The maximum absolute atomic E-state index is 6.07. The normalized spacial score (nSPS) is 10.7. The van der Waals surface area contributed by atoms with Gasteiger partial charge < -0.3 is 10.1 Å². The van der Waals surface area contributed by atoms with E-state index in [4.69, 9.17) is 39.5 Å². The van der Waals surface area contributed by atoms with Crippen LogP contribution in [0.15, 0.2) is 24.4 Å². The van der Waals surface area contributed by atoms with E-state index in [0.717, 1.165) is 5.69 Å². The maximum atomic E-state index is 6.07. The molecule has 0 spiro atoms. The molecule has 1 aromatic heterocycles. The summed E-state index contributed by atoms with van der Waals surface area (Å²) >= 11 is 17.8. The van der Waals surface area contributed by atoms with Crippen molar-refractivity contribution in [3.8, 4) is 5.75 Å². The number of aromatic nitrogens is 2. The Morgan fingerprint density at radius 3 is 2.60 bits per heavy atom. The van der Waals surface area contributed by atoms with Gasteiger partial charge in [-0.1, -0.05) is 23.2 Å². The van der Waals surface area contributed by atoms with Crippen molar-refractivity contribution < 1.29 is 4.74 Å². The molecule has 0 amide bonds. The van der Waals surface area contributed by atoms with Crippen molar-refractivity contribution in [3.05, 3.63) is 39.7 Å². The predicted molar refractivity (Wildman–Crippen MR) is 82.6 cm³/mol. The highest BCUT2D eigenvalue weighted by Gasteiger charge is 2.08. The van der Waals surface area contributed by atoms with Crippen LogP contribution in [-0.2, 0) is 0 Å². The Hall–Kier alpha value is -1.23. The van der Waals surface area contributed by atoms with Crippen LogP contribution in [0.2, 0.25) is 15.3 Å². The molecule has 0 fully saturated rings. The van der Waals surface area contributed by atoms with Gasteiger partial charge in [0.25, 0.3) is 0 Å². The third-order valence-electron chi connectivity index (χ3n) is 2.27. The molecule has 4 nitrogen and oxygen atoms in total. The van der Waals surface area contributed by atoms with Crippen molar-refractivity contribution in [2.45, 2.75) is 20.0 Å². The average Bonchev–Trinajstić information content (AvgIpc) is 2.37. The quantitative estimate of drug-likeness (QED) is 0.803. The summed E-state index contributed by atoms with van der Waals surface area (Å²) in [6, 6.07) is 5.30. The highest BCUT2D eigenvalue weighted by Crippen LogP contribution is 2.31. The summed E-state index contributed by atoms with van der Waals surface area (Å²) in [5.41, 5.74) is 0.738. The topological polar surface area (TPSA) is 47.0 Å². The second-order valence-corrected chi connectivity index (χ2v) is 5.42. The van der Waals surface area contributed by atoms with Crippen LogP contribution < -0.4 is 10.1 Å². The fourth-order valence-electron chi connectivity index (χ4n) is 1.50. The monoisotopic (exact) mass is 331 g/mol. The SMILES string of the molecule is CC(C)Oc1cc(Nc2nc(Cl)ncc2Cl)ccc1Cl. The lowest BCUT2D eigenvalue weighted by Gasteiger charge is -2.13. The summed E-state index contributed by atoms with van der Waals surface area (Å²) in [4.78, 5) is 7.81. The molecule has 0 saturated heterocycles. The number of rotatable bonds is 4. The van der Waals surface area contributed by atoms with E-state index < -0.39 is 0 Å². The van der Waals surface area contributed by atoms with Crippen LogP contribution in [0.5, 0.6) is 5.75 Å². The summed E-state index contributed by atoms with van der Waals surface area (Å²) in [7, 11) is 0. The van der Waals surface area contributed by atoms with Crippen LogP contribution in [0.1, 0.15) is 13.8 Å². The third kappa shape index (κ3) is 3.88. The minimum absolute atomic E-state index is 0.0276. The molecule has 0 bridgehead atoms. The predicted octanol–water partition coefficient (Wildman–Crippen LogP) is 4.97. The minimum atomic E-state index is 0.0276. The second-order valence-electron chi connectivity index (χ2n) is 4.27. The Kier molecular flexibility index (Phi) is 4.91. The zero-order chi connectivity index (χ0) is 14.7. The second kappa shape index (κ2) is 6.48. The smallest absolute Gasteiger partial charge is 0.224 e. The fraction of sp³-hybridized carbons (Fsp3) is 0.231. The lowest BCUT2D eigenvalue weighted by atomic mass is 10.3. The van der Waals surface area contributed by atoms with E-state index in [2.05, 4.69) is 15.3 Å². The van der Waals surface area contributed by atoms with Gasteiger partial charge in [-0.05, 0) is 37.6 Å². The molecule has 0 atom stereocenters. The van der Waals surface area contributed by atoms with Crippen molar-refractivity contribution in [1.29, 1.82) is 0 Å². The highest BCUT2D eigenvalue weighted by molar-refractivity contribution is 6.33. The van der Waals surface area contributed by atoms with Gasteiger partial charge in [0, 0.05) is 11.8 Å². The number of ether oxygens (including phenoxy) is 1. The molecule has 0 aliphatic heterocycles. The summed E-state index contributed by atoms with van der Waals surface area (Å²) < 4.78 is 5.61. The first-order chi connectivity index (χ1) is 9.45. The van der Waals surface area contributed by atoms with E-state index in [0.29, 0.717) is 21.6 Å². The van der Waals surface area contributed by atoms with Crippen molar-refractivity contribution in [3.63, 3.8) is 0 Å². The number of halogens is 3. The highest BCUT2D eigenvalue weighted by atomic mass is 35.5. The fourth-order valence-corrected chi connectivity index (χ4v) is 1.93. The molecule has 1 aromatic carbocycles. The Balaban J connectivity index is 2.27. The van der Waals surface area contributed by atoms with Crippen LogP contribution in [0.4, 0.5) is 11.5 Å². The molecule has 1 heterocycles. The number of nitrogens with one attached hydrogen (secondary N) is 1. The standard InChI is InChI=1S/C13H12Cl3N3O/c1-7(2)20-11-5-8(3-4-9(11)14)18-12-10(15)6-17-13(16)19-12/h3-7H,1-2H3,(H,17,18,19). The number of nitrogens with zero attached hydrogens (tertiary/aromatic N) is 2. The lowest BCUT2D eigenvalue weighted by Crippen LogP contribution is -2.06. The molecule has 0 unspecified atom stereocenters. The van der Waals surface area contributed by atoms with E-state index >= 15 is 0 Å². The van der Waals surface area contributed by atoms with Gasteiger partial charge in [0.2, 0.25) is 5.28 Å². The van der Waals surface area contributed by atoms with Crippen LogP contribution in [0.25, 0.3) is 0 Å². The summed E-state index contributed by atoms with van der Waals surface area (Å²) in [5, 5.41) is 4.07. The molecule has 0 aliphatic rings. The number of benzene rings is 1. The van der Waals surface area contributed by atoms with E-state index in [1.165, 1.54) is 6.20 Å². The van der Waals surface area contributed by atoms with E-state index in [1.807, 2.05) is 13.8 Å². The molecule has 7 heteroatoms. The Morgan fingerprint density at radius 1 is 1.15 bits per heavy atom. The summed E-state index contributed by atoms with van der Waals surface area (Å²) in [5.74, 6) is 1.01. The van der Waals surface area contributed by atoms with Gasteiger partial charge in [0.15, 0.2) is 5.82 Å². The van der Waals surface area contributed by atoms with E-state index in [1.54, 1.807) is 18.2 Å². The molecule has 2 aromatic rings. The van der Waals surface area contributed by atoms with Gasteiger partial charge in [-0.3, -0.25) is 0 Å². The zero-order valence-electron chi connectivity index (χ0n) is 10.8. The van der Waals surface area contributed by atoms with Crippen molar-refractivity contribution in [2.24, 2.45) is 0 Å². The first kappa shape index (κ1) is 15.2. The van der Waals surface area contributed by atoms with Crippen LogP contribution in [-0.4, -0.2) is 16.1 Å². The zero-order valence-corrected chi connectivity index (χ0v) is 13.1. The van der Waals surface area contributed by atoms with Crippen LogP contribution >= 0.6 is 34.8 Å². The van der Waals surface area contributed by atoms with Crippen molar-refractivity contribution >= 4 is 46.3 Å². The number of anilines is 2. The molecule has 20 heavy (non-hydrogen) atoms. The van der Waals surface area contributed by atoms with Gasteiger partial charge in [0.1, 0.15) is 10.8 Å². The van der Waals surface area contributed by atoms with Gasteiger partial charge in [-0.2, -0.15) is 4.98 Å².